The standard InChI is InChI=1S/C27H26ClN3O/c28-22-9-6-10-23(18-22)29-26-24-11-4-5-12-25(24)31(27(26)32)19-30-15-13-21(14-16-30)17-20-7-2-1-3-8-20/h1-12,18,21H,13-17,19H2/p+1. The highest BCUT2D eigenvalue weighted by Gasteiger charge is 2.36. The van der Waals surface area contributed by atoms with Gasteiger partial charge in [0.2, 0.25) is 0 Å². The molecule has 1 N–H and O–H groups in total. The van der Waals surface area contributed by atoms with Crippen molar-refractivity contribution < 1.29 is 9.69 Å². The van der Waals surface area contributed by atoms with Gasteiger partial charge in [-0.05, 0) is 55.0 Å². The van der Waals surface area contributed by atoms with Gasteiger partial charge in [-0.2, -0.15) is 0 Å². The maximum Gasteiger partial charge on any atom is 0.281 e. The minimum atomic E-state index is -0.0231. The summed E-state index contributed by atoms with van der Waals surface area (Å²) in [7, 11) is 0. The highest BCUT2D eigenvalue weighted by atomic mass is 35.5. The number of amides is 1. The zero-order chi connectivity index (χ0) is 21.9. The summed E-state index contributed by atoms with van der Waals surface area (Å²) in [5.74, 6) is 0.702. The van der Waals surface area contributed by atoms with E-state index < -0.39 is 0 Å². The smallest absolute Gasteiger partial charge is 0.281 e. The summed E-state index contributed by atoms with van der Waals surface area (Å²) in [4.78, 5) is 21.4. The van der Waals surface area contributed by atoms with Gasteiger partial charge in [-0.25, -0.2) is 4.99 Å². The number of likely N-dealkylation sites (tertiary alicyclic amines) is 1. The zero-order valence-electron chi connectivity index (χ0n) is 18.0. The van der Waals surface area contributed by atoms with Gasteiger partial charge in [-0.1, -0.05) is 66.2 Å². The van der Waals surface area contributed by atoms with Crippen LogP contribution in [0.5, 0.6) is 0 Å². The second-order valence-electron chi connectivity index (χ2n) is 8.73. The molecule has 0 spiro atoms. The van der Waals surface area contributed by atoms with E-state index in [0.29, 0.717) is 23.1 Å². The van der Waals surface area contributed by atoms with E-state index in [1.54, 1.807) is 6.07 Å². The lowest BCUT2D eigenvalue weighted by Gasteiger charge is -2.32. The first-order valence-corrected chi connectivity index (χ1v) is 11.7. The lowest BCUT2D eigenvalue weighted by Crippen LogP contribution is -3.14. The number of aliphatic imine (C=N–C) groups is 1. The van der Waals surface area contributed by atoms with Gasteiger partial charge < -0.3 is 4.90 Å². The van der Waals surface area contributed by atoms with Crippen molar-refractivity contribution in [1.29, 1.82) is 0 Å². The van der Waals surface area contributed by atoms with E-state index in [-0.39, 0.29) is 5.91 Å². The molecule has 0 radical (unpaired) electrons. The number of rotatable bonds is 5. The number of anilines is 1. The van der Waals surface area contributed by atoms with Crippen molar-refractivity contribution in [3.8, 4) is 0 Å². The van der Waals surface area contributed by atoms with E-state index in [2.05, 4.69) is 35.3 Å². The molecule has 2 aliphatic heterocycles. The first-order chi connectivity index (χ1) is 15.7. The third-order valence-electron chi connectivity index (χ3n) is 6.51. The van der Waals surface area contributed by atoms with Crippen LogP contribution >= 0.6 is 11.6 Å². The number of nitrogens with one attached hydrogen (secondary N) is 1. The van der Waals surface area contributed by atoms with Crippen molar-refractivity contribution >= 4 is 34.6 Å². The van der Waals surface area contributed by atoms with Crippen LogP contribution in [0.2, 0.25) is 5.02 Å². The van der Waals surface area contributed by atoms with Crippen molar-refractivity contribution in [3.63, 3.8) is 0 Å². The summed E-state index contributed by atoms with van der Waals surface area (Å²) < 4.78 is 0. The lowest BCUT2D eigenvalue weighted by atomic mass is 9.90. The van der Waals surface area contributed by atoms with E-state index in [4.69, 9.17) is 11.6 Å². The topological polar surface area (TPSA) is 37.1 Å². The quantitative estimate of drug-likeness (QED) is 0.625. The summed E-state index contributed by atoms with van der Waals surface area (Å²) in [6, 6.07) is 26.0. The number of hydrogen-bond donors (Lipinski definition) is 1. The van der Waals surface area contributed by atoms with Crippen LogP contribution in [0, 0.1) is 5.92 Å². The fraction of sp³-hybridized carbons (Fsp3) is 0.259. The number of nitrogens with zero attached hydrogens (tertiary/aromatic N) is 2. The Morgan fingerprint density at radius 1 is 0.938 bits per heavy atom. The maximum absolute atomic E-state index is 13.4. The van der Waals surface area contributed by atoms with Gasteiger partial charge >= 0.3 is 0 Å². The highest BCUT2D eigenvalue weighted by molar-refractivity contribution is 6.54. The monoisotopic (exact) mass is 444 g/mol. The Hall–Kier alpha value is -2.95. The molecule has 0 atom stereocenters. The third-order valence-corrected chi connectivity index (χ3v) is 6.74. The van der Waals surface area contributed by atoms with Gasteiger partial charge in [0.1, 0.15) is 5.71 Å². The van der Waals surface area contributed by atoms with E-state index in [1.165, 1.54) is 23.3 Å². The number of carbonyl (C=O) groups excluding carboxylic acids is 1. The molecule has 1 amide bonds. The predicted octanol–water partition coefficient (Wildman–Crippen LogP) is 4.30. The molecule has 5 heteroatoms. The Morgan fingerprint density at radius 3 is 2.47 bits per heavy atom. The normalized spacial score (nSPS) is 21.7. The summed E-state index contributed by atoms with van der Waals surface area (Å²) in [5, 5.41) is 0.616. The number of quaternary nitrogens is 1. The van der Waals surface area contributed by atoms with Crippen LogP contribution in [0.1, 0.15) is 24.0 Å². The van der Waals surface area contributed by atoms with E-state index in [1.807, 2.05) is 47.4 Å². The van der Waals surface area contributed by atoms with Crippen molar-refractivity contribution in [2.75, 3.05) is 24.7 Å². The Morgan fingerprint density at radius 2 is 1.69 bits per heavy atom. The van der Waals surface area contributed by atoms with Gasteiger partial charge in [0.15, 0.2) is 6.67 Å². The van der Waals surface area contributed by atoms with Crippen molar-refractivity contribution in [2.24, 2.45) is 10.9 Å². The first kappa shape index (κ1) is 20.9. The number of halogens is 1. The Balaban J connectivity index is 1.29. The van der Waals surface area contributed by atoms with Crippen LogP contribution in [0.15, 0.2) is 83.9 Å². The van der Waals surface area contributed by atoms with Gasteiger partial charge in [0, 0.05) is 10.6 Å². The average Bonchev–Trinajstić information content (AvgIpc) is 3.07. The molecule has 5 rings (SSSR count). The second kappa shape index (κ2) is 9.27. The molecule has 3 aromatic carbocycles. The molecule has 3 aromatic rings. The fourth-order valence-electron chi connectivity index (χ4n) is 4.82. The zero-order valence-corrected chi connectivity index (χ0v) is 18.8. The van der Waals surface area contributed by atoms with Crippen LogP contribution in [0.25, 0.3) is 0 Å². The summed E-state index contributed by atoms with van der Waals surface area (Å²) in [6.45, 7) is 2.86. The molecule has 2 heterocycles. The van der Waals surface area contributed by atoms with E-state index in [0.717, 1.165) is 36.7 Å². The fourth-order valence-corrected chi connectivity index (χ4v) is 5.01. The number of para-hydroxylation sites is 1. The van der Waals surface area contributed by atoms with Gasteiger partial charge in [0.05, 0.1) is 24.5 Å². The van der Waals surface area contributed by atoms with Crippen LogP contribution in [0.3, 0.4) is 0 Å². The number of hydrogen-bond acceptors (Lipinski definition) is 2. The molecule has 4 nitrogen and oxygen atoms in total. The third kappa shape index (κ3) is 4.47. The lowest BCUT2D eigenvalue weighted by molar-refractivity contribution is -0.904. The molecule has 1 saturated heterocycles. The Labute approximate surface area is 194 Å². The minimum Gasteiger partial charge on any atom is -0.317 e. The second-order valence-corrected chi connectivity index (χ2v) is 9.17. The molecular formula is C27H27ClN3O+. The van der Waals surface area contributed by atoms with Crippen molar-refractivity contribution in [3.05, 3.63) is 95.0 Å². The van der Waals surface area contributed by atoms with Gasteiger partial charge in [0.25, 0.3) is 5.91 Å². The molecule has 0 bridgehead atoms. The Kier molecular flexibility index (Phi) is 6.06. The van der Waals surface area contributed by atoms with Crippen molar-refractivity contribution in [2.45, 2.75) is 19.3 Å². The molecule has 2 aliphatic rings. The van der Waals surface area contributed by atoms with E-state index in [9.17, 15) is 4.79 Å². The average molecular weight is 445 g/mol. The molecule has 0 aromatic heterocycles. The van der Waals surface area contributed by atoms with Crippen LogP contribution in [-0.4, -0.2) is 31.4 Å². The molecule has 0 aliphatic carbocycles. The van der Waals surface area contributed by atoms with Crippen LogP contribution < -0.4 is 9.80 Å². The number of carbonyl (C=O) groups is 1. The van der Waals surface area contributed by atoms with Gasteiger partial charge in [-0.3, -0.25) is 9.69 Å². The molecule has 0 saturated carbocycles. The highest BCUT2D eigenvalue weighted by Crippen LogP contribution is 2.30. The summed E-state index contributed by atoms with van der Waals surface area (Å²) in [5.41, 5.74) is 4.48. The number of fused-ring (bicyclic) bond motifs is 1. The predicted molar refractivity (Wildman–Crippen MR) is 130 cm³/mol. The molecule has 0 unspecified atom stereocenters. The van der Waals surface area contributed by atoms with Crippen LogP contribution in [-0.2, 0) is 11.2 Å². The Bertz CT molecular complexity index is 1140. The first-order valence-electron chi connectivity index (χ1n) is 11.3. The molecular weight excluding hydrogens is 418 g/mol. The van der Waals surface area contributed by atoms with E-state index >= 15 is 0 Å². The molecule has 1 fully saturated rings. The summed E-state index contributed by atoms with van der Waals surface area (Å²) in [6.07, 6.45) is 3.53. The number of piperidine rings is 1. The number of benzene rings is 3. The van der Waals surface area contributed by atoms with Crippen molar-refractivity contribution in [1.82, 2.24) is 0 Å². The largest absolute Gasteiger partial charge is 0.317 e. The maximum atomic E-state index is 13.4. The SMILES string of the molecule is O=C1C(=Nc2cccc(Cl)c2)c2ccccc2N1C[NH+]1CCC(Cc2ccccc2)CC1. The van der Waals surface area contributed by atoms with Gasteiger partial charge in [-0.15, -0.1) is 0 Å². The molecule has 32 heavy (non-hydrogen) atoms. The minimum absolute atomic E-state index is 0.0231. The summed E-state index contributed by atoms with van der Waals surface area (Å²) >= 11 is 6.12. The molecule has 162 valence electrons. The van der Waals surface area contributed by atoms with Crippen LogP contribution in [0.4, 0.5) is 11.4 Å².